The smallest absolute Gasteiger partial charge is 0.296 e. The average molecular weight is 293 g/mol. The molecule has 0 atom stereocenters. The third-order valence-corrected chi connectivity index (χ3v) is 3.97. The Labute approximate surface area is 107 Å². The molecular weight excluding hydrogens is 287 g/mol. The fourth-order valence-electron chi connectivity index (χ4n) is 1.54. The Kier molecular flexibility index (Phi) is 2.95. The van der Waals surface area contributed by atoms with Gasteiger partial charge in [0.1, 0.15) is 10.6 Å². The molecule has 0 saturated heterocycles. The van der Waals surface area contributed by atoms with Crippen molar-refractivity contribution >= 4 is 44.1 Å². The minimum Gasteiger partial charge on any atom is -0.507 e. The zero-order chi connectivity index (χ0) is 12.8. The molecule has 4 nitrogen and oxygen atoms in total. The van der Waals surface area contributed by atoms with Gasteiger partial charge in [0.25, 0.3) is 10.1 Å². The largest absolute Gasteiger partial charge is 0.507 e. The van der Waals surface area contributed by atoms with Crippen molar-refractivity contribution in [1.29, 1.82) is 0 Å². The molecule has 0 amide bonds. The number of phenols is 1. The van der Waals surface area contributed by atoms with Crippen LogP contribution in [-0.4, -0.2) is 18.1 Å². The van der Waals surface area contributed by atoms with Crippen LogP contribution in [0.2, 0.25) is 10.0 Å². The highest BCUT2D eigenvalue weighted by atomic mass is 35.5. The molecule has 0 fully saturated rings. The molecule has 0 saturated carbocycles. The van der Waals surface area contributed by atoms with Gasteiger partial charge in [0, 0.05) is 10.8 Å². The van der Waals surface area contributed by atoms with Crippen LogP contribution >= 0.6 is 23.2 Å². The van der Waals surface area contributed by atoms with E-state index >= 15 is 0 Å². The van der Waals surface area contributed by atoms with Crippen molar-refractivity contribution < 1.29 is 18.1 Å². The van der Waals surface area contributed by atoms with E-state index in [9.17, 15) is 13.5 Å². The van der Waals surface area contributed by atoms with Gasteiger partial charge in [-0.15, -0.1) is 0 Å². The maximum absolute atomic E-state index is 11.1. The summed E-state index contributed by atoms with van der Waals surface area (Å²) in [5.41, 5.74) is 0. The summed E-state index contributed by atoms with van der Waals surface area (Å²) in [5.74, 6) is -0.208. The summed E-state index contributed by atoms with van der Waals surface area (Å²) in [7, 11) is -4.49. The van der Waals surface area contributed by atoms with Gasteiger partial charge < -0.3 is 5.11 Å². The zero-order valence-corrected chi connectivity index (χ0v) is 10.5. The summed E-state index contributed by atoms with van der Waals surface area (Å²) >= 11 is 11.7. The minimum absolute atomic E-state index is 0.0768. The maximum atomic E-state index is 11.1. The Morgan fingerprint density at radius 3 is 2.41 bits per heavy atom. The molecule has 2 N–H and O–H groups in total. The van der Waals surface area contributed by atoms with Gasteiger partial charge in [-0.1, -0.05) is 35.3 Å². The molecule has 2 rings (SSSR count). The number of halogens is 2. The second-order valence-corrected chi connectivity index (χ2v) is 5.52. The summed E-state index contributed by atoms with van der Waals surface area (Å²) in [5, 5.41) is 9.96. The lowest BCUT2D eigenvalue weighted by Crippen LogP contribution is -1.99. The average Bonchev–Trinajstić information content (AvgIpc) is 2.21. The molecule has 2 aromatic rings. The molecule has 0 aromatic heterocycles. The molecule has 0 aliphatic rings. The molecule has 0 heterocycles. The van der Waals surface area contributed by atoms with Crippen molar-refractivity contribution in [3.8, 4) is 5.75 Å². The Balaban J connectivity index is 3.04. The van der Waals surface area contributed by atoms with Crippen molar-refractivity contribution in [2.75, 3.05) is 0 Å². The van der Waals surface area contributed by atoms with Crippen LogP contribution in [0.3, 0.4) is 0 Å². The Hall–Kier alpha value is -1.01. The highest BCUT2D eigenvalue weighted by Crippen LogP contribution is 2.39. The Morgan fingerprint density at radius 2 is 1.82 bits per heavy atom. The number of benzene rings is 2. The van der Waals surface area contributed by atoms with Crippen LogP contribution in [0.4, 0.5) is 0 Å². The predicted molar refractivity (Wildman–Crippen MR) is 65.4 cm³/mol. The summed E-state index contributed by atoms with van der Waals surface area (Å²) in [6.45, 7) is 0. The fourth-order valence-corrected chi connectivity index (χ4v) is 3.01. The molecule has 0 bridgehead atoms. The predicted octanol–water partition coefficient (Wildman–Crippen LogP) is 3.10. The minimum atomic E-state index is -4.49. The summed E-state index contributed by atoms with van der Waals surface area (Å²) < 4.78 is 31.2. The monoisotopic (exact) mass is 292 g/mol. The quantitative estimate of drug-likeness (QED) is 0.792. The van der Waals surface area contributed by atoms with Crippen LogP contribution in [0.25, 0.3) is 10.8 Å². The van der Waals surface area contributed by atoms with E-state index in [2.05, 4.69) is 0 Å². The van der Waals surface area contributed by atoms with Gasteiger partial charge in [0.15, 0.2) is 0 Å². The van der Waals surface area contributed by atoms with Crippen LogP contribution in [0.1, 0.15) is 0 Å². The zero-order valence-electron chi connectivity index (χ0n) is 8.18. The number of aromatic hydroxyl groups is 1. The lowest BCUT2D eigenvalue weighted by molar-refractivity contribution is 0.481. The molecule has 0 aliphatic carbocycles. The van der Waals surface area contributed by atoms with E-state index in [1.165, 1.54) is 6.07 Å². The molecule has 0 spiro atoms. The van der Waals surface area contributed by atoms with E-state index in [-0.39, 0.29) is 21.2 Å². The van der Waals surface area contributed by atoms with Gasteiger partial charge in [-0.05, 0) is 12.1 Å². The van der Waals surface area contributed by atoms with Crippen molar-refractivity contribution in [1.82, 2.24) is 0 Å². The highest BCUT2D eigenvalue weighted by Gasteiger charge is 2.20. The van der Waals surface area contributed by atoms with Gasteiger partial charge in [-0.2, -0.15) is 8.42 Å². The number of rotatable bonds is 1. The molecule has 0 unspecified atom stereocenters. The van der Waals surface area contributed by atoms with E-state index in [1.54, 1.807) is 12.1 Å². The first-order valence-corrected chi connectivity index (χ1v) is 6.59. The van der Waals surface area contributed by atoms with E-state index in [1.807, 2.05) is 0 Å². The van der Waals surface area contributed by atoms with Gasteiger partial charge in [0.2, 0.25) is 0 Å². The Bertz CT molecular complexity index is 710. The molecule has 0 aliphatic heterocycles. The van der Waals surface area contributed by atoms with E-state index in [0.717, 1.165) is 6.07 Å². The molecule has 0 radical (unpaired) electrons. The topological polar surface area (TPSA) is 74.6 Å². The van der Waals surface area contributed by atoms with Gasteiger partial charge in [-0.3, -0.25) is 4.55 Å². The van der Waals surface area contributed by atoms with Crippen molar-refractivity contribution in [3.05, 3.63) is 34.3 Å². The number of hydrogen-bond acceptors (Lipinski definition) is 3. The fraction of sp³-hybridized carbons (Fsp3) is 0. The lowest BCUT2D eigenvalue weighted by Gasteiger charge is -2.08. The highest BCUT2D eigenvalue weighted by molar-refractivity contribution is 7.86. The molecule has 17 heavy (non-hydrogen) atoms. The summed E-state index contributed by atoms with van der Waals surface area (Å²) in [6.07, 6.45) is 0. The second kappa shape index (κ2) is 4.03. The first kappa shape index (κ1) is 12.4. The van der Waals surface area contributed by atoms with Crippen molar-refractivity contribution in [3.63, 3.8) is 0 Å². The molecule has 2 aromatic carbocycles. The normalized spacial score (nSPS) is 11.9. The summed E-state index contributed by atoms with van der Waals surface area (Å²) in [6, 6.07) is 5.52. The van der Waals surface area contributed by atoms with Gasteiger partial charge >= 0.3 is 0 Å². The van der Waals surface area contributed by atoms with E-state index < -0.39 is 15.0 Å². The van der Waals surface area contributed by atoms with Crippen LogP contribution in [0.5, 0.6) is 5.75 Å². The lowest BCUT2D eigenvalue weighted by atomic mass is 10.1. The maximum Gasteiger partial charge on any atom is 0.296 e. The third-order valence-electron chi connectivity index (χ3n) is 2.27. The molecular formula is C10H6Cl2O4S. The summed E-state index contributed by atoms with van der Waals surface area (Å²) in [4.78, 5) is -0.529. The standard InChI is InChI=1S/C10H6Cl2O4S/c11-6-4-8(17(14,15)16)10(12)9-5(6)2-1-3-7(9)13/h1-4,13H,(H,14,15,16). The van der Waals surface area contributed by atoms with Crippen LogP contribution < -0.4 is 0 Å². The van der Waals surface area contributed by atoms with E-state index in [0.29, 0.717) is 5.39 Å². The van der Waals surface area contributed by atoms with Crippen LogP contribution in [0.15, 0.2) is 29.2 Å². The number of fused-ring (bicyclic) bond motifs is 1. The second-order valence-electron chi connectivity index (χ2n) is 3.35. The van der Waals surface area contributed by atoms with Crippen LogP contribution in [-0.2, 0) is 10.1 Å². The van der Waals surface area contributed by atoms with E-state index in [4.69, 9.17) is 27.8 Å². The van der Waals surface area contributed by atoms with Crippen molar-refractivity contribution in [2.24, 2.45) is 0 Å². The Morgan fingerprint density at radius 1 is 1.18 bits per heavy atom. The first-order chi connectivity index (χ1) is 7.82. The van der Waals surface area contributed by atoms with Crippen molar-refractivity contribution in [2.45, 2.75) is 4.90 Å². The van der Waals surface area contributed by atoms with Gasteiger partial charge in [0.05, 0.1) is 10.0 Å². The number of hydrogen-bond donors (Lipinski definition) is 2. The third kappa shape index (κ3) is 2.07. The SMILES string of the molecule is O=S(=O)(O)c1cc(Cl)c2cccc(O)c2c1Cl. The first-order valence-electron chi connectivity index (χ1n) is 4.39. The molecule has 7 heteroatoms. The molecule has 90 valence electrons. The number of phenolic OH excluding ortho intramolecular Hbond substituents is 1. The van der Waals surface area contributed by atoms with Crippen LogP contribution in [0, 0.1) is 0 Å². The van der Waals surface area contributed by atoms with Gasteiger partial charge in [-0.25, -0.2) is 0 Å².